The molecule has 0 unspecified atom stereocenters. The summed E-state index contributed by atoms with van der Waals surface area (Å²) in [7, 11) is 0. The van der Waals surface area contributed by atoms with Crippen molar-refractivity contribution in [2.24, 2.45) is 4.99 Å². The maximum atomic E-state index is 12.9. The highest BCUT2D eigenvalue weighted by atomic mass is 32.2. The molecule has 1 saturated heterocycles. The minimum absolute atomic E-state index is 0.0530. The number of nitrogens with one attached hydrogen (secondary N) is 1. The zero-order valence-electron chi connectivity index (χ0n) is 16.8. The maximum Gasteiger partial charge on any atom is 0.244 e. The van der Waals surface area contributed by atoms with Crippen molar-refractivity contribution >= 4 is 40.1 Å². The van der Waals surface area contributed by atoms with E-state index in [1.807, 2.05) is 50.2 Å². The van der Waals surface area contributed by atoms with Crippen molar-refractivity contribution in [2.45, 2.75) is 32.4 Å². The van der Waals surface area contributed by atoms with Crippen molar-refractivity contribution in [3.63, 3.8) is 0 Å². The van der Waals surface area contributed by atoms with E-state index in [1.165, 1.54) is 11.8 Å². The molecule has 2 aromatic carbocycles. The summed E-state index contributed by atoms with van der Waals surface area (Å²) < 4.78 is 0. The molecule has 6 nitrogen and oxygen atoms in total. The van der Waals surface area contributed by atoms with E-state index in [-0.39, 0.29) is 18.2 Å². The van der Waals surface area contributed by atoms with E-state index >= 15 is 0 Å². The number of fused-ring (bicyclic) bond motifs is 1. The van der Waals surface area contributed by atoms with Crippen molar-refractivity contribution < 1.29 is 9.59 Å². The van der Waals surface area contributed by atoms with E-state index in [1.54, 1.807) is 4.90 Å². The van der Waals surface area contributed by atoms with Gasteiger partial charge in [-0.3, -0.25) is 14.5 Å². The first-order valence-electron chi connectivity index (χ1n) is 9.62. The average Bonchev–Trinajstić information content (AvgIpc) is 2.99. The van der Waals surface area contributed by atoms with Crippen LogP contribution in [-0.2, 0) is 9.59 Å². The molecular weight excluding hydrogens is 384 g/mol. The number of anilines is 2. The molecule has 0 saturated carbocycles. The fourth-order valence-electron chi connectivity index (χ4n) is 3.65. The Hall–Kier alpha value is -2.80. The van der Waals surface area contributed by atoms with Gasteiger partial charge in [-0.15, -0.1) is 0 Å². The van der Waals surface area contributed by atoms with E-state index in [0.29, 0.717) is 18.5 Å². The number of thioether (sulfide) groups is 1. The number of aryl methyl sites for hydroxylation is 3. The smallest absolute Gasteiger partial charge is 0.244 e. The van der Waals surface area contributed by atoms with Crippen LogP contribution in [0.1, 0.15) is 23.1 Å². The summed E-state index contributed by atoms with van der Waals surface area (Å²) in [5.41, 5.74) is 5.17. The van der Waals surface area contributed by atoms with E-state index in [9.17, 15) is 9.59 Å². The van der Waals surface area contributed by atoms with Crippen LogP contribution in [0.25, 0.3) is 0 Å². The number of rotatable bonds is 4. The summed E-state index contributed by atoms with van der Waals surface area (Å²) in [6.45, 7) is 7.01. The number of hydrogen-bond donors (Lipinski definition) is 1. The highest BCUT2D eigenvalue weighted by Gasteiger charge is 2.41. The van der Waals surface area contributed by atoms with Crippen LogP contribution in [0.2, 0.25) is 0 Å². The number of nitrogens with zero attached hydrogens (tertiary/aromatic N) is 3. The fraction of sp³-hybridized carbons (Fsp3) is 0.318. The minimum Gasteiger partial charge on any atom is -0.333 e. The van der Waals surface area contributed by atoms with Crippen molar-refractivity contribution in [3.8, 4) is 0 Å². The van der Waals surface area contributed by atoms with Crippen molar-refractivity contribution in [1.29, 1.82) is 0 Å². The topological polar surface area (TPSA) is 65.0 Å². The van der Waals surface area contributed by atoms with Gasteiger partial charge in [-0.25, -0.2) is 4.99 Å². The number of amidine groups is 1. The van der Waals surface area contributed by atoms with Gasteiger partial charge in [0.25, 0.3) is 0 Å². The predicted octanol–water partition coefficient (Wildman–Crippen LogP) is 3.68. The van der Waals surface area contributed by atoms with Gasteiger partial charge < -0.3 is 10.2 Å². The Morgan fingerprint density at radius 1 is 1.17 bits per heavy atom. The average molecular weight is 409 g/mol. The Morgan fingerprint density at radius 3 is 2.72 bits per heavy atom. The van der Waals surface area contributed by atoms with E-state index < -0.39 is 5.25 Å². The van der Waals surface area contributed by atoms with Gasteiger partial charge in [-0.05, 0) is 44.0 Å². The highest BCUT2D eigenvalue weighted by Crippen LogP contribution is 2.33. The third kappa shape index (κ3) is 4.00. The van der Waals surface area contributed by atoms with Crippen LogP contribution in [0.15, 0.2) is 47.5 Å². The molecule has 2 aromatic rings. The molecule has 0 aromatic heterocycles. The fourth-order valence-corrected chi connectivity index (χ4v) is 4.77. The molecular formula is C22H24N4O2S. The lowest BCUT2D eigenvalue weighted by Gasteiger charge is -2.33. The lowest BCUT2D eigenvalue weighted by molar-refractivity contribution is -0.128. The van der Waals surface area contributed by atoms with Gasteiger partial charge in [0.05, 0.1) is 0 Å². The van der Waals surface area contributed by atoms with Crippen LogP contribution >= 0.6 is 11.8 Å². The van der Waals surface area contributed by atoms with Gasteiger partial charge in [0, 0.05) is 17.8 Å². The van der Waals surface area contributed by atoms with Crippen LogP contribution in [0.3, 0.4) is 0 Å². The first-order chi connectivity index (χ1) is 13.9. The first kappa shape index (κ1) is 19.5. The molecule has 7 heteroatoms. The lowest BCUT2D eigenvalue weighted by Crippen LogP contribution is -2.46. The molecule has 2 aliphatic rings. The van der Waals surface area contributed by atoms with Crippen LogP contribution in [-0.4, -0.2) is 40.5 Å². The van der Waals surface area contributed by atoms with Gasteiger partial charge in [0.2, 0.25) is 11.8 Å². The molecule has 1 fully saturated rings. The summed E-state index contributed by atoms with van der Waals surface area (Å²) in [5, 5.41) is 3.21. The molecule has 2 heterocycles. The number of amides is 2. The molecule has 4 rings (SSSR count). The largest absolute Gasteiger partial charge is 0.333 e. The van der Waals surface area contributed by atoms with Crippen LogP contribution in [0.5, 0.6) is 0 Å². The Kier molecular flexibility index (Phi) is 5.32. The first-order valence-corrected chi connectivity index (χ1v) is 10.5. The lowest BCUT2D eigenvalue weighted by atomic mass is 10.1. The summed E-state index contributed by atoms with van der Waals surface area (Å²) in [4.78, 5) is 33.8. The highest BCUT2D eigenvalue weighted by molar-refractivity contribution is 8.15. The maximum absolute atomic E-state index is 12.9. The third-order valence-electron chi connectivity index (χ3n) is 5.19. The molecule has 2 amide bonds. The second kappa shape index (κ2) is 7.91. The second-order valence-electron chi connectivity index (χ2n) is 7.49. The molecule has 150 valence electrons. The second-order valence-corrected chi connectivity index (χ2v) is 8.66. The van der Waals surface area contributed by atoms with Crippen molar-refractivity contribution in [2.75, 3.05) is 23.6 Å². The van der Waals surface area contributed by atoms with Gasteiger partial charge in [0.15, 0.2) is 5.17 Å². The number of carbonyl (C=O) groups excluding carboxylic acids is 2. The Morgan fingerprint density at radius 2 is 1.97 bits per heavy atom. The van der Waals surface area contributed by atoms with Gasteiger partial charge in [-0.2, -0.15) is 0 Å². The Bertz CT molecular complexity index is 1000. The molecule has 0 radical (unpaired) electrons. The molecule has 1 atom stereocenters. The van der Waals surface area contributed by atoms with E-state index in [4.69, 9.17) is 0 Å². The number of hydrogen-bond acceptors (Lipinski definition) is 5. The van der Waals surface area contributed by atoms with Gasteiger partial charge in [-0.1, -0.05) is 47.7 Å². The Balaban J connectivity index is 1.41. The minimum atomic E-state index is -0.434. The normalized spacial score (nSPS) is 18.5. The summed E-state index contributed by atoms with van der Waals surface area (Å²) in [6.07, 6.45) is 0.136. The number of benzene rings is 2. The third-order valence-corrected chi connectivity index (χ3v) is 6.40. The summed E-state index contributed by atoms with van der Waals surface area (Å²) >= 11 is 1.39. The standard InChI is InChI=1S/C22H24N4O2S/c1-14-8-9-17(16(3)10-14)24-20(27)11-19-21(28)26-13-25(12-23-22(26)29-19)18-7-5-4-6-15(18)2/h4-10,19H,11-13H2,1-3H3,(H,24,27)/t19-/m0/s1. The van der Waals surface area contributed by atoms with Gasteiger partial charge >= 0.3 is 0 Å². The molecule has 1 N–H and O–H groups in total. The zero-order valence-corrected chi connectivity index (χ0v) is 17.6. The summed E-state index contributed by atoms with van der Waals surface area (Å²) in [5.74, 6) is -0.207. The quantitative estimate of drug-likeness (QED) is 0.838. The number of para-hydroxylation sites is 1. The number of aliphatic imine (C=N–C) groups is 1. The zero-order chi connectivity index (χ0) is 20.5. The molecule has 29 heavy (non-hydrogen) atoms. The molecule has 0 aliphatic carbocycles. The van der Waals surface area contributed by atoms with Crippen LogP contribution in [0.4, 0.5) is 11.4 Å². The van der Waals surface area contributed by atoms with Crippen LogP contribution < -0.4 is 10.2 Å². The molecule has 2 aliphatic heterocycles. The van der Waals surface area contributed by atoms with Gasteiger partial charge in [0.1, 0.15) is 18.6 Å². The van der Waals surface area contributed by atoms with Crippen molar-refractivity contribution in [3.05, 3.63) is 59.2 Å². The molecule has 0 spiro atoms. The monoisotopic (exact) mass is 408 g/mol. The number of carbonyl (C=O) groups is 2. The van der Waals surface area contributed by atoms with Crippen LogP contribution in [0, 0.1) is 20.8 Å². The van der Waals surface area contributed by atoms with E-state index in [2.05, 4.69) is 28.2 Å². The Labute approximate surface area is 175 Å². The molecule has 0 bridgehead atoms. The summed E-state index contributed by atoms with van der Waals surface area (Å²) in [6, 6.07) is 14.0. The predicted molar refractivity (Wildman–Crippen MR) is 118 cm³/mol. The van der Waals surface area contributed by atoms with E-state index in [0.717, 1.165) is 28.1 Å². The van der Waals surface area contributed by atoms with Crippen molar-refractivity contribution in [1.82, 2.24) is 4.90 Å². The SMILES string of the molecule is Cc1ccc(NC(=O)C[C@@H]2SC3=NCN(c4ccccc4C)CN3C2=O)c(C)c1.